The standard InChI is InChI=1S/C27H30ClN7O3/c1-34-9-11-35(12-10-34)16-17-5-6-19(14-23(17)28)32-26(37)31-18-3-2-4-20(13-18)38-27-30-8-7-24(33-27)21-15-22(21)25(29)36/h2-8,13-14,21-22H,9-12,15-16H2,1H3,(H2,29,36)(H2,31,32,37). The third kappa shape index (κ3) is 6.58. The number of carbonyl (C=O) groups excluding carboxylic acids is 2. The van der Waals surface area contributed by atoms with Gasteiger partial charge in [0.1, 0.15) is 5.75 Å². The number of nitrogens with zero attached hydrogens (tertiary/aromatic N) is 4. The van der Waals surface area contributed by atoms with Gasteiger partial charge in [0.15, 0.2) is 0 Å². The van der Waals surface area contributed by atoms with Crippen molar-refractivity contribution in [1.29, 1.82) is 0 Å². The van der Waals surface area contributed by atoms with Gasteiger partial charge in [0.2, 0.25) is 5.91 Å². The van der Waals surface area contributed by atoms with Crippen LogP contribution in [0.25, 0.3) is 0 Å². The summed E-state index contributed by atoms with van der Waals surface area (Å²) in [5.74, 6) is -0.0498. The quantitative estimate of drug-likeness (QED) is 0.399. The molecule has 38 heavy (non-hydrogen) atoms. The molecule has 2 atom stereocenters. The van der Waals surface area contributed by atoms with Crippen LogP contribution < -0.4 is 21.1 Å². The molecule has 2 fully saturated rings. The molecule has 3 aromatic rings. The third-order valence-electron chi connectivity index (χ3n) is 6.79. The minimum Gasteiger partial charge on any atom is -0.424 e. The zero-order chi connectivity index (χ0) is 26.6. The number of ether oxygens (including phenoxy) is 1. The van der Waals surface area contributed by atoms with Crippen LogP contribution in [0.4, 0.5) is 16.2 Å². The molecule has 2 unspecified atom stereocenters. The molecule has 11 heteroatoms. The van der Waals surface area contributed by atoms with Crippen molar-refractivity contribution < 1.29 is 14.3 Å². The van der Waals surface area contributed by atoms with Crippen LogP contribution in [-0.4, -0.2) is 64.9 Å². The highest BCUT2D eigenvalue weighted by Crippen LogP contribution is 2.46. The van der Waals surface area contributed by atoms with Crippen LogP contribution >= 0.6 is 11.6 Å². The van der Waals surface area contributed by atoms with E-state index in [0.717, 1.165) is 44.0 Å². The summed E-state index contributed by atoms with van der Waals surface area (Å²) in [5, 5.41) is 6.24. The van der Waals surface area contributed by atoms with E-state index in [1.807, 2.05) is 12.1 Å². The Morgan fingerprint density at radius 3 is 2.55 bits per heavy atom. The van der Waals surface area contributed by atoms with E-state index in [2.05, 4.69) is 37.4 Å². The lowest BCUT2D eigenvalue weighted by Crippen LogP contribution is -2.43. The van der Waals surface area contributed by atoms with Gasteiger partial charge in [-0.25, -0.2) is 9.78 Å². The fourth-order valence-electron chi connectivity index (χ4n) is 4.48. The van der Waals surface area contributed by atoms with Crippen LogP contribution in [0.15, 0.2) is 54.7 Å². The molecule has 1 aliphatic heterocycles. The number of urea groups is 1. The van der Waals surface area contributed by atoms with Gasteiger partial charge in [-0.3, -0.25) is 9.69 Å². The van der Waals surface area contributed by atoms with E-state index >= 15 is 0 Å². The molecule has 0 bridgehead atoms. The molecule has 1 saturated heterocycles. The van der Waals surface area contributed by atoms with Crippen molar-refractivity contribution in [2.75, 3.05) is 43.9 Å². The summed E-state index contributed by atoms with van der Waals surface area (Å²) >= 11 is 6.52. The fraction of sp³-hybridized carbons (Fsp3) is 0.333. The lowest BCUT2D eigenvalue weighted by atomic mass is 10.1. The van der Waals surface area contributed by atoms with Gasteiger partial charge in [-0.15, -0.1) is 0 Å². The van der Waals surface area contributed by atoms with E-state index in [4.69, 9.17) is 22.1 Å². The Kier molecular flexibility index (Phi) is 7.73. The first-order valence-electron chi connectivity index (χ1n) is 12.5. The largest absolute Gasteiger partial charge is 0.424 e. The molecule has 1 saturated carbocycles. The maximum absolute atomic E-state index is 12.6. The molecule has 5 rings (SSSR count). The topological polar surface area (TPSA) is 126 Å². The summed E-state index contributed by atoms with van der Waals surface area (Å²) < 4.78 is 5.80. The average Bonchev–Trinajstić information content (AvgIpc) is 3.69. The molecule has 10 nitrogen and oxygen atoms in total. The lowest BCUT2D eigenvalue weighted by molar-refractivity contribution is -0.119. The molecule has 2 aliphatic rings. The molecular weight excluding hydrogens is 506 g/mol. The van der Waals surface area contributed by atoms with Crippen molar-refractivity contribution in [3.63, 3.8) is 0 Å². The molecule has 0 radical (unpaired) electrons. The Bertz CT molecular complexity index is 1330. The summed E-state index contributed by atoms with van der Waals surface area (Å²) in [5.41, 5.74) is 8.27. The van der Waals surface area contributed by atoms with Crippen molar-refractivity contribution in [1.82, 2.24) is 19.8 Å². The van der Waals surface area contributed by atoms with E-state index in [1.54, 1.807) is 42.6 Å². The van der Waals surface area contributed by atoms with Crippen LogP contribution in [0.1, 0.15) is 23.6 Å². The van der Waals surface area contributed by atoms with Crippen molar-refractivity contribution in [2.24, 2.45) is 11.7 Å². The normalized spacial score (nSPS) is 19.5. The maximum atomic E-state index is 12.6. The number of aromatic nitrogens is 2. The van der Waals surface area contributed by atoms with E-state index < -0.39 is 6.03 Å². The van der Waals surface area contributed by atoms with Crippen LogP contribution in [0.5, 0.6) is 11.8 Å². The number of anilines is 2. The first-order chi connectivity index (χ1) is 18.3. The van der Waals surface area contributed by atoms with Gasteiger partial charge < -0.3 is 26.0 Å². The van der Waals surface area contributed by atoms with Gasteiger partial charge in [0.25, 0.3) is 0 Å². The van der Waals surface area contributed by atoms with Gasteiger partial charge in [-0.05, 0) is 49.4 Å². The highest BCUT2D eigenvalue weighted by atomic mass is 35.5. The van der Waals surface area contributed by atoms with Crippen LogP contribution in [0.3, 0.4) is 0 Å². The number of amides is 3. The minimum atomic E-state index is -0.408. The van der Waals surface area contributed by atoms with Crippen LogP contribution in [-0.2, 0) is 11.3 Å². The Morgan fingerprint density at radius 1 is 1.08 bits per heavy atom. The maximum Gasteiger partial charge on any atom is 0.323 e. The number of rotatable bonds is 8. The monoisotopic (exact) mass is 535 g/mol. The van der Waals surface area contributed by atoms with Gasteiger partial charge in [-0.2, -0.15) is 4.98 Å². The first kappa shape index (κ1) is 25.9. The van der Waals surface area contributed by atoms with Gasteiger partial charge in [-0.1, -0.05) is 23.7 Å². The Morgan fingerprint density at radius 2 is 1.84 bits per heavy atom. The number of nitrogens with one attached hydrogen (secondary N) is 2. The number of benzene rings is 2. The number of likely N-dealkylation sites (N-methyl/N-ethyl adjacent to an activating group) is 1. The highest BCUT2D eigenvalue weighted by molar-refractivity contribution is 6.31. The number of piperazine rings is 1. The van der Waals surface area contributed by atoms with Crippen molar-refractivity contribution in [2.45, 2.75) is 18.9 Å². The number of hydrogen-bond donors (Lipinski definition) is 3. The number of primary amides is 1. The fourth-order valence-corrected chi connectivity index (χ4v) is 4.72. The van der Waals surface area contributed by atoms with Gasteiger partial charge in [0, 0.05) is 73.2 Å². The first-order valence-corrected chi connectivity index (χ1v) is 12.9. The second kappa shape index (κ2) is 11.3. The summed E-state index contributed by atoms with van der Waals surface area (Å²) in [4.78, 5) is 37.2. The molecule has 2 heterocycles. The predicted octanol–water partition coefficient (Wildman–Crippen LogP) is 3.90. The molecular formula is C27H30ClN7O3. The SMILES string of the molecule is CN1CCN(Cc2ccc(NC(=O)Nc3cccc(Oc4nccc(C5CC5C(N)=O)n4)c3)cc2Cl)CC1. The second-order valence-electron chi connectivity index (χ2n) is 9.71. The van der Waals surface area contributed by atoms with E-state index in [-0.39, 0.29) is 23.8 Å². The van der Waals surface area contributed by atoms with Crippen molar-refractivity contribution >= 4 is 34.9 Å². The summed E-state index contributed by atoms with van der Waals surface area (Å²) in [6, 6.07) is 14.0. The second-order valence-corrected chi connectivity index (χ2v) is 10.1. The van der Waals surface area contributed by atoms with Crippen molar-refractivity contribution in [3.8, 4) is 11.8 Å². The van der Waals surface area contributed by atoms with Crippen LogP contribution in [0, 0.1) is 5.92 Å². The molecule has 1 aromatic heterocycles. The number of halogens is 1. The smallest absolute Gasteiger partial charge is 0.323 e. The van der Waals surface area contributed by atoms with Gasteiger partial charge >= 0.3 is 12.0 Å². The van der Waals surface area contributed by atoms with Gasteiger partial charge in [0.05, 0.1) is 5.69 Å². The molecule has 1 aliphatic carbocycles. The zero-order valence-corrected chi connectivity index (χ0v) is 21.8. The summed E-state index contributed by atoms with van der Waals surface area (Å²) in [7, 11) is 2.13. The molecule has 198 valence electrons. The van der Waals surface area contributed by atoms with Crippen LogP contribution in [0.2, 0.25) is 5.02 Å². The minimum absolute atomic E-state index is 0.00361. The Hall–Kier alpha value is -3.73. The third-order valence-corrected chi connectivity index (χ3v) is 7.14. The highest BCUT2D eigenvalue weighted by Gasteiger charge is 2.44. The number of carbonyl (C=O) groups is 2. The van der Waals surface area contributed by atoms with E-state index in [0.29, 0.717) is 28.6 Å². The lowest BCUT2D eigenvalue weighted by Gasteiger charge is -2.32. The number of nitrogens with two attached hydrogens (primary N) is 1. The van der Waals surface area contributed by atoms with Crippen molar-refractivity contribution in [3.05, 3.63) is 71.0 Å². The molecule has 2 aromatic carbocycles. The molecule has 3 amide bonds. The zero-order valence-electron chi connectivity index (χ0n) is 21.1. The predicted molar refractivity (Wildman–Crippen MR) is 145 cm³/mol. The molecule has 4 N–H and O–H groups in total. The Labute approximate surface area is 226 Å². The Balaban J connectivity index is 1.16. The average molecular weight is 536 g/mol. The number of hydrogen-bond acceptors (Lipinski definition) is 7. The molecule has 0 spiro atoms. The summed E-state index contributed by atoms with van der Waals surface area (Å²) in [6.07, 6.45) is 2.27. The van der Waals surface area contributed by atoms with E-state index in [1.165, 1.54) is 0 Å². The summed E-state index contributed by atoms with van der Waals surface area (Å²) in [6.45, 7) is 4.88. The van der Waals surface area contributed by atoms with E-state index in [9.17, 15) is 9.59 Å².